The maximum atomic E-state index is 13.9. The maximum Gasteiger partial charge on any atom is 0.257 e. The van der Waals surface area contributed by atoms with Gasteiger partial charge < -0.3 is 10.2 Å². The lowest BCUT2D eigenvalue weighted by atomic mass is 10.2. The second-order valence-corrected chi connectivity index (χ2v) is 4.90. The predicted octanol–water partition coefficient (Wildman–Crippen LogP) is 1.45. The molecule has 0 aromatic carbocycles. The van der Waals surface area contributed by atoms with Crippen LogP contribution in [0.25, 0.3) is 0 Å². The van der Waals surface area contributed by atoms with Crippen molar-refractivity contribution in [2.45, 2.75) is 0 Å². The Morgan fingerprint density at radius 1 is 1.53 bits per heavy atom. The van der Waals surface area contributed by atoms with Crippen LogP contribution in [0.1, 0.15) is 10.4 Å². The van der Waals surface area contributed by atoms with Gasteiger partial charge in [0, 0.05) is 37.8 Å². The summed E-state index contributed by atoms with van der Waals surface area (Å²) in [5.74, 6) is 1.12. The second kappa shape index (κ2) is 5.35. The van der Waals surface area contributed by atoms with Gasteiger partial charge in [-0.3, -0.25) is 4.79 Å². The third-order valence-corrected chi connectivity index (χ3v) is 3.60. The molecule has 92 valence electrons. The molecule has 0 bridgehead atoms. The molecule has 0 saturated carbocycles. The number of rotatable bonds is 2. The molecule has 17 heavy (non-hydrogen) atoms. The molecule has 1 amide bonds. The fourth-order valence-electron chi connectivity index (χ4n) is 1.72. The molecule has 6 heteroatoms. The van der Waals surface area contributed by atoms with Gasteiger partial charge >= 0.3 is 0 Å². The van der Waals surface area contributed by atoms with E-state index in [0.29, 0.717) is 13.1 Å². The van der Waals surface area contributed by atoms with E-state index in [9.17, 15) is 9.18 Å². The molecule has 0 aliphatic carbocycles. The molecule has 1 N–H and O–H groups in total. The van der Waals surface area contributed by atoms with Gasteiger partial charge in [-0.05, 0) is 6.07 Å². The average Bonchev–Trinajstić information content (AvgIpc) is 2.39. The summed E-state index contributed by atoms with van der Waals surface area (Å²) in [6, 6.07) is 1.43. The van der Waals surface area contributed by atoms with Crippen LogP contribution in [0.5, 0.6) is 0 Å². The van der Waals surface area contributed by atoms with E-state index in [4.69, 9.17) is 0 Å². The Morgan fingerprint density at radius 2 is 2.24 bits per heavy atom. The Morgan fingerprint density at radius 3 is 2.88 bits per heavy atom. The summed E-state index contributed by atoms with van der Waals surface area (Å²) in [6.07, 6.45) is 1.45. The Bertz CT molecular complexity index is 421. The maximum absolute atomic E-state index is 13.9. The van der Waals surface area contributed by atoms with Gasteiger partial charge in [0.1, 0.15) is 0 Å². The Kier molecular flexibility index (Phi) is 3.83. The topological polar surface area (TPSA) is 45.2 Å². The zero-order valence-corrected chi connectivity index (χ0v) is 10.4. The van der Waals surface area contributed by atoms with E-state index in [-0.39, 0.29) is 17.3 Å². The zero-order valence-electron chi connectivity index (χ0n) is 9.57. The van der Waals surface area contributed by atoms with Crippen molar-refractivity contribution < 1.29 is 9.18 Å². The van der Waals surface area contributed by atoms with E-state index in [1.807, 2.05) is 11.8 Å². The van der Waals surface area contributed by atoms with Crippen LogP contribution in [0.2, 0.25) is 0 Å². The van der Waals surface area contributed by atoms with Crippen molar-refractivity contribution in [1.82, 2.24) is 9.88 Å². The van der Waals surface area contributed by atoms with Gasteiger partial charge in [0.2, 0.25) is 0 Å². The van der Waals surface area contributed by atoms with Crippen molar-refractivity contribution in [1.29, 1.82) is 0 Å². The number of hydrogen-bond acceptors (Lipinski definition) is 4. The highest BCUT2D eigenvalue weighted by molar-refractivity contribution is 7.99. The summed E-state index contributed by atoms with van der Waals surface area (Å²) in [7, 11) is 1.58. The van der Waals surface area contributed by atoms with Gasteiger partial charge in [0.05, 0.1) is 5.56 Å². The summed E-state index contributed by atoms with van der Waals surface area (Å²) in [6.45, 7) is 1.36. The largest absolute Gasteiger partial charge is 0.371 e. The highest BCUT2D eigenvalue weighted by atomic mass is 32.2. The molecule has 0 atom stereocenters. The number of amides is 1. The molecule has 1 saturated heterocycles. The van der Waals surface area contributed by atoms with E-state index < -0.39 is 5.82 Å². The van der Waals surface area contributed by atoms with E-state index in [0.717, 1.165) is 11.5 Å². The summed E-state index contributed by atoms with van der Waals surface area (Å²) < 4.78 is 13.9. The van der Waals surface area contributed by atoms with E-state index >= 15 is 0 Å². The lowest BCUT2D eigenvalue weighted by Crippen LogP contribution is -2.38. The summed E-state index contributed by atoms with van der Waals surface area (Å²) >= 11 is 1.81. The third kappa shape index (κ3) is 2.52. The third-order valence-electron chi connectivity index (χ3n) is 2.65. The standard InChI is InChI=1S/C11H14FN3OS/c1-13-10-9(12)8(2-3-14-10)11(16)15-4-6-17-7-5-15/h2-3H,4-7H2,1H3,(H,13,14). The van der Waals surface area contributed by atoms with Gasteiger partial charge in [-0.1, -0.05) is 0 Å². The number of nitrogens with one attached hydrogen (secondary N) is 1. The van der Waals surface area contributed by atoms with Crippen molar-refractivity contribution in [2.24, 2.45) is 0 Å². The van der Waals surface area contributed by atoms with Crippen LogP contribution in [-0.2, 0) is 0 Å². The van der Waals surface area contributed by atoms with Crippen LogP contribution in [-0.4, -0.2) is 47.4 Å². The molecule has 0 spiro atoms. The van der Waals surface area contributed by atoms with Crippen molar-refractivity contribution >= 4 is 23.5 Å². The molecule has 0 unspecified atom stereocenters. The molecule has 0 radical (unpaired) electrons. The van der Waals surface area contributed by atoms with Crippen molar-refractivity contribution in [2.75, 3.05) is 37.0 Å². The number of carbonyl (C=O) groups excluding carboxylic acids is 1. The number of thioether (sulfide) groups is 1. The smallest absolute Gasteiger partial charge is 0.257 e. The quantitative estimate of drug-likeness (QED) is 0.869. The summed E-state index contributed by atoms with van der Waals surface area (Å²) in [4.78, 5) is 17.6. The Labute approximate surface area is 104 Å². The van der Waals surface area contributed by atoms with Crippen LogP contribution in [0.3, 0.4) is 0 Å². The molecule has 1 aromatic rings. The summed E-state index contributed by atoms with van der Waals surface area (Å²) in [5.41, 5.74) is 0.0938. The molecule has 2 rings (SSSR count). The van der Waals surface area contributed by atoms with Gasteiger partial charge in [0.25, 0.3) is 5.91 Å². The fourth-order valence-corrected chi connectivity index (χ4v) is 2.62. The molecule has 4 nitrogen and oxygen atoms in total. The molecule has 1 fully saturated rings. The molecule has 1 aromatic heterocycles. The Balaban J connectivity index is 2.23. The Hall–Kier alpha value is -1.30. The molecule has 2 heterocycles. The van der Waals surface area contributed by atoms with Crippen LogP contribution in [0.15, 0.2) is 12.3 Å². The van der Waals surface area contributed by atoms with Crippen LogP contribution >= 0.6 is 11.8 Å². The average molecular weight is 255 g/mol. The summed E-state index contributed by atoms with van der Waals surface area (Å²) in [5, 5.41) is 2.63. The number of pyridine rings is 1. The number of hydrogen-bond donors (Lipinski definition) is 1. The monoisotopic (exact) mass is 255 g/mol. The van der Waals surface area contributed by atoms with E-state index in [2.05, 4.69) is 10.3 Å². The molecular formula is C11H14FN3OS. The number of anilines is 1. The SMILES string of the molecule is CNc1nccc(C(=O)N2CCSCC2)c1F. The molecule has 1 aliphatic rings. The minimum absolute atomic E-state index is 0.0938. The first-order valence-electron chi connectivity index (χ1n) is 5.43. The number of halogens is 1. The predicted molar refractivity (Wildman–Crippen MR) is 67.0 cm³/mol. The first kappa shape index (κ1) is 12.2. The molecular weight excluding hydrogens is 241 g/mol. The first-order chi connectivity index (χ1) is 8.24. The number of carbonyl (C=O) groups is 1. The first-order valence-corrected chi connectivity index (χ1v) is 6.59. The van der Waals surface area contributed by atoms with Crippen LogP contribution in [0.4, 0.5) is 10.2 Å². The minimum atomic E-state index is -0.571. The number of aromatic nitrogens is 1. The van der Waals surface area contributed by atoms with Gasteiger partial charge in [0.15, 0.2) is 11.6 Å². The normalized spacial score (nSPS) is 15.8. The second-order valence-electron chi connectivity index (χ2n) is 3.68. The highest BCUT2D eigenvalue weighted by Gasteiger charge is 2.22. The highest BCUT2D eigenvalue weighted by Crippen LogP contribution is 2.18. The van der Waals surface area contributed by atoms with Gasteiger partial charge in [-0.25, -0.2) is 9.37 Å². The van der Waals surface area contributed by atoms with Gasteiger partial charge in [-0.2, -0.15) is 11.8 Å². The van der Waals surface area contributed by atoms with E-state index in [1.54, 1.807) is 11.9 Å². The van der Waals surface area contributed by atoms with Crippen molar-refractivity contribution in [3.8, 4) is 0 Å². The lowest BCUT2D eigenvalue weighted by Gasteiger charge is -2.26. The van der Waals surface area contributed by atoms with Gasteiger partial charge in [-0.15, -0.1) is 0 Å². The van der Waals surface area contributed by atoms with E-state index in [1.165, 1.54) is 12.3 Å². The zero-order chi connectivity index (χ0) is 12.3. The minimum Gasteiger partial charge on any atom is -0.371 e. The van der Waals surface area contributed by atoms with Crippen LogP contribution in [0, 0.1) is 5.82 Å². The fraction of sp³-hybridized carbons (Fsp3) is 0.455. The van der Waals surface area contributed by atoms with Crippen molar-refractivity contribution in [3.05, 3.63) is 23.6 Å². The van der Waals surface area contributed by atoms with Crippen molar-refractivity contribution in [3.63, 3.8) is 0 Å². The lowest BCUT2D eigenvalue weighted by molar-refractivity contribution is 0.0767. The number of nitrogens with zero attached hydrogens (tertiary/aromatic N) is 2. The molecule has 1 aliphatic heterocycles. The van der Waals surface area contributed by atoms with Crippen LogP contribution < -0.4 is 5.32 Å².